The van der Waals surface area contributed by atoms with E-state index in [-0.39, 0.29) is 18.3 Å². The number of nitrogens with zero attached hydrogens (tertiary/aromatic N) is 4. The lowest BCUT2D eigenvalue weighted by atomic mass is 10.2. The third-order valence-corrected chi connectivity index (χ3v) is 4.16. The van der Waals surface area contributed by atoms with Crippen molar-refractivity contribution in [1.82, 2.24) is 25.0 Å². The highest BCUT2D eigenvalue weighted by molar-refractivity contribution is 5.83. The first-order valence-corrected chi connectivity index (χ1v) is 8.38. The number of aromatic nitrogens is 4. The third-order valence-electron chi connectivity index (χ3n) is 4.16. The molecule has 0 saturated heterocycles. The number of rotatable bonds is 5. The molecule has 1 amide bonds. The molecule has 0 saturated carbocycles. The normalized spacial score (nSPS) is 12.2. The number of amides is 1. The summed E-state index contributed by atoms with van der Waals surface area (Å²) in [6.45, 7) is 1.81. The van der Waals surface area contributed by atoms with Gasteiger partial charge in [-0.25, -0.2) is 4.39 Å². The van der Waals surface area contributed by atoms with Crippen LogP contribution in [0.5, 0.6) is 0 Å². The molecule has 0 aliphatic heterocycles. The van der Waals surface area contributed by atoms with Gasteiger partial charge in [0.05, 0.1) is 5.52 Å². The lowest BCUT2D eigenvalue weighted by Gasteiger charge is -2.11. The van der Waals surface area contributed by atoms with Crippen LogP contribution in [0.4, 0.5) is 4.39 Å². The van der Waals surface area contributed by atoms with Gasteiger partial charge in [-0.3, -0.25) is 9.78 Å². The number of halogens is 1. The first kappa shape index (κ1) is 16.9. The summed E-state index contributed by atoms with van der Waals surface area (Å²) >= 11 is 0. The Kier molecular flexibility index (Phi) is 4.37. The van der Waals surface area contributed by atoms with Gasteiger partial charge in [0.1, 0.15) is 18.4 Å². The zero-order valence-corrected chi connectivity index (χ0v) is 14.5. The molecule has 1 aromatic carbocycles. The van der Waals surface area contributed by atoms with Crippen LogP contribution in [0, 0.1) is 5.82 Å². The maximum absolute atomic E-state index is 13.5. The molecule has 1 N–H and O–H groups in total. The Balaban J connectivity index is 1.45. The van der Waals surface area contributed by atoms with Crippen molar-refractivity contribution in [2.75, 3.05) is 0 Å². The monoisotopic (exact) mass is 365 g/mol. The highest BCUT2D eigenvalue weighted by Gasteiger charge is 2.18. The standard InChI is InChI=1S/C19H16FN5O2/c1-12(19-23-18(24-27-19)14-3-2-7-21-10-14)22-17(26)11-25-8-6-13-4-5-15(20)9-16(13)25/h2-10,12H,11H2,1H3,(H,22,26). The minimum atomic E-state index is -0.464. The number of hydrogen-bond donors (Lipinski definition) is 1. The molecule has 0 aliphatic carbocycles. The van der Waals surface area contributed by atoms with Crippen LogP contribution in [-0.2, 0) is 11.3 Å². The van der Waals surface area contributed by atoms with E-state index in [4.69, 9.17) is 4.52 Å². The average Bonchev–Trinajstić information content (AvgIpc) is 3.30. The summed E-state index contributed by atoms with van der Waals surface area (Å²) in [5.74, 6) is 0.118. The van der Waals surface area contributed by atoms with Crippen LogP contribution >= 0.6 is 0 Å². The molecule has 7 nitrogen and oxygen atoms in total. The molecule has 4 rings (SSSR count). The quantitative estimate of drug-likeness (QED) is 0.587. The fraction of sp³-hybridized carbons (Fsp3) is 0.158. The van der Waals surface area contributed by atoms with Crippen molar-refractivity contribution < 1.29 is 13.7 Å². The van der Waals surface area contributed by atoms with E-state index in [1.807, 2.05) is 12.1 Å². The van der Waals surface area contributed by atoms with Gasteiger partial charge in [-0.2, -0.15) is 4.98 Å². The number of benzene rings is 1. The van der Waals surface area contributed by atoms with Crippen molar-refractivity contribution in [3.05, 3.63) is 66.7 Å². The highest BCUT2D eigenvalue weighted by atomic mass is 19.1. The Hall–Kier alpha value is -3.55. The second-order valence-corrected chi connectivity index (χ2v) is 6.13. The molecule has 0 aliphatic rings. The van der Waals surface area contributed by atoms with E-state index in [0.717, 1.165) is 10.9 Å². The number of pyridine rings is 1. The zero-order chi connectivity index (χ0) is 18.8. The minimum absolute atomic E-state index is 0.0564. The summed E-state index contributed by atoms with van der Waals surface area (Å²) < 4.78 is 20.4. The van der Waals surface area contributed by atoms with Crippen molar-refractivity contribution in [1.29, 1.82) is 0 Å². The predicted molar refractivity (Wildman–Crippen MR) is 96.0 cm³/mol. The lowest BCUT2D eigenvalue weighted by molar-refractivity contribution is -0.122. The second kappa shape index (κ2) is 6.99. The van der Waals surface area contributed by atoms with E-state index in [0.29, 0.717) is 17.2 Å². The summed E-state index contributed by atoms with van der Waals surface area (Å²) in [5.41, 5.74) is 1.39. The van der Waals surface area contributed by atoms with Gasteiger partial charge in [-0.15, -0.1) is 0 Å². The van der Waals surface area contributed by atoms with Crippen LogP contribution in [-0.4, -0.2) is 25.6 Å². The fourth-order valence-electron chi connectivity index (χ4n) is 2.82. The van der Waals surface area contributed by atoms with E-state index >= 15 is 0 Å². The van der Waals surface area contributed by atoms with Crippen molar-refractivity contribution >= 4 is 16.8 Å². The topological polar surface area (TPSA) is 85.8 Å². The maximum Gasteiger partial charge on any atom is 0.249 e. The maximum atomic E-state index is 13.5. The van der Waals surface area contributed by atoms with Crippen LogP contribution in [0.15, 0.2) is 59.5 Å². The van der Waals surface area contributed by atoms with E-state index in [2.05, 4.69) is 20.4 Å². The summed E-state index contributed by atoms with van der Waals surface area (Å²) in [5, 5.41) is 7.60. The Morgan fingerprint density at radius 1 is 1.33 bits per heavy atom. The summed E-state index contributed by atoms with van der Waals surface area (Å²) in [7, 11) is 0. The fourth-order valence-corrected chi connectivity index (χ4v) is 2.82. The largest absolute Gasteiger partial charge is 0.343 e. The molecular weight excluding hydrogens is 349 g/mol. The molecule has 136 valence electrons. The summed E-state index contributed by atoms with van der Waals surface area (Å²) in [6, 6.07) is 9.45. The second-order valence-electron chi connectivity index (χ2n) is 6.13. The van der Waals surface area contributed by atoms with Crippen LogP contribution < -0.4 is 5.32 Å². The molecule has 0 spiro atoms. The van der Waals surface area contributed by atoms with E-state index in [9.17, 15) is 9.18 Å². The first-order chi connectivity index (χ1) is 13.1. The zero-order valence-electron chi connectivity index (χ0n) is 14.5. The van der Waals surface area contributed by atoms with Gasteiger partial charge in [0, 0.05) is 24.2 Å². The molecule has 3 heterocycles. The predicted octanol–water partition coefficient (Wildman–Crippen LogP) is 3.10. The number of nitrogens with one attached hydrogen (secondary N) is 1. The number of fused-ring (bicyclic) bond motifs is 1. The number of carbonyl (C=O) groups is 1. The Bertz CT molecular complexity index is 1090. The smallest absolute Gasteiger partial charge is 0.249 e. The van der Waals surface area contributed by atoms with Gasteiger partial charge in [-0.05, 0) is 48.7 Å². The molecule has 4 aromatic rings. The average molecular weight is 365 g/mol. The Morgan fingerprint density at radius 2 is 2.22 bits per heavy atom. The number of hydrogen-bond acceptors (Lipinski definition) is 5. The molecule has 3 aromatic heterocycles. The molecular formula is C19H16FN5O2. The van der Waals surface area contributed by atoms with E-state index < -0.39 is 6.04 Å². The van der Waals surface area contributed by atoms with Crippen molar-refractivity contribution in [2.24, 2.45) is 0 Å². The molecule has 1 unspecified atom stereocenters. The van der Waals surface area contributed by atoms with Crippen molar-refractivity contribution in [3.63, 3.8) is 0 Å². The molecule has 0 radical (unpaired) electrons. The third kappa shape index (κ3) is 3.55. The molecule has 0 bridgehead atoms. The number of carbonyl (C=O) groups excluding carboxylic acids is 1. The molecule has 8 heteroatoms. The molecule has 1 atom stereocenters. The van der Waals surface area contributed by atoms with Crippen molar-refractivity contribution in [2.45, 2.75) is 19.5 Å². The summed E-state index contributed by atoms with van der Waals surface area (Å²) in [6.07, 6.45) is 5.04. The van der Waals surface area contributed by atoms with Crippen LogP contribution in [0.1, 0.15) is 18.9 Å². The Labute approximate surface area is 153 Å². The van der Waals surface area contributed by atoms with Crippen LogP contribution in [0.2, 0.25) is 0 Å². The molecule has 27 heavy (non-hydrogen) atoms. The van der Waals surface area contributed by atoms with Crippen molar-refractivity contribution in [3.8, 4) is 11.4 Å². The lowest BCUT2D eigenvalue weighted by Crippen LogP contribution is -2.30. The summed E-state index contributed by atoms with van der Waals surface area (Å²) in [4.78, 5) is 20.7. The van der Waals surface area contributed by atoms with E-state index in [1.165, 1.54) is 12.1 Å². The van der Waals surface area contributed by atoms with E-state index in [1.54, 1.807) is 42.2 Å². The highest BCUT2D eigenvalue weighted by Crippen LogP contribution is 2.19. The van der Waals surface area contributed by atoms with Gasteiger partial charge in [0.15, 0.2) is 0 Å². The SMILES string of the molecule is CC(NC(=O)Cn1ccc2ccc(F)cc21)c1nc(-c2cccnc2)no1. The molecule has 0 fully saturated rings. The van der Waals surface area contributed by atoms with Crippen LogP contribution in [0.25, 0.3) is 22.3 Å². The van der Waals surface area contributed by atoms with Gasteiger partial charge >= 0.3 is 0 Å². The Morgan fingerprint density at radius 3 is 3.04 bits per heavy atom. The minimum Gasteiger partial charge on any atom is -0.343 e. The van der Waals surface area contributed by atoms with Gasteiger partial charge in [-0.1, -0.05) is 5.16 Å². The van der Waals surface area contributed by atoms with Gasteiger partial charge in [0.2, 0.25) is 17.6 Å². The van der Waals surface area contributed by atoms with Gasteiger partial charge in [0.25, 0.3) is 0 Å². The van der Waals surface area contributed by atoms with Gasteiger partial charge < -0.3 is 14.4 Å². The first-order valence-electron chi connectivity index (χ1n) is 8.38. The van der Waals surface area contributed by atoms with Crippen LogP contribution in [0.3, 0.4) is 0 Å².